The van der Waals surface area contributed by atoms with Crippen LogP contribution >= 0.6 is 0 Å². The van der Waals surface area contributed by atoms with Gasteiger partial charge in [0.2, 0.25) is 0 Å². The van der Waals surface area contributed by atoms with Crippen molar-refractivity contribution in [2.75, 3.05) is 48.0 Å². The molecule has 7 nitrogen and oxygen atoms in total. The molecule has 2 rings (SSSR count). The summed E-state index contributed by atoms with van der Waals surface area (Å²) in [5.41, 5.74) is 2.24. The number of ether oxygens (including phenoxy) is 3. The lowest BCUT2D eigenvalue weighted by atomic mass is 10.1. The Morgan fingerprint density at radius 3 is 2.06 bits per heavy atom. The van der Waals surface area contributed by atoms with Gasteiger partial charge in [-0.05, 0) is 24.7 Å². The molecule has 170 valence electrons. The molecule has 0 aliphatic heterocycles. The number of hydrogen-bond donors (Lipinski definition) is 2. The Balaban J connectivity index is 2.10. The summed E-state index contributed by atoms with van der Waals surface area (Å²) in [6.45, 7) is 7.61. The second kappa shape index (κ2) is 12.7. The van der Waals surface area contributed by atoms with Crippen LogP contribution in [0.1, 0.15) is 31.0 Å². The summed E-state index contributed by atoms with van der Waals surface area (Å²) in [6.07, 6.45) is 0. The van der Waals surface area contributed by atoms with E-state index in [-0.39, 0.29) is 6.04 Å². The molecule has 0 radical (unpaired) electrons. The molecule has 0 saturated heterocycles. The molecule has 1 unspecified atom stereocenters. The van der Waals surface area contributed by atoms with E-state index in [4.69, 9.17) is 14.2 Å². The van der Waals surface area contributed by atoms with Gasteiger partial charge in [-0.3, -0.25) is 9.89 Å². The molecule has 0 aromatic heterocycles. The molecule has 31 heavy (non-hydrogen) atoms. The maximum absolute atomic E-state index is 5.53. The number of methoxy groups -OCH3 is 3. The number of nitrogens with one attached hydrogen (secondary N) is 2. The fraction of sp³-hybridized carbons (Fsp3) is 0.458. The van der Waals surface area contributed by atoms with E-state index in [2.05, 4.69) is 58.6 Å². The predicted octanol–water partition coefficient (Wildman–Crippen LogP) is 3.46. The minimum atomic E-state index is 0.255. The van der Waals surface area contributed by atoms with E-state index in [1.165, 1.54) is 5.56 Å². The number of likely N-dealkylation sites (N-methyl/N-ethyl adjacent to an activating group) is 1. The first-order chi connectivity index (χ1) is 15.1. The standard InChI is InChI=1S/C24H36N4O3/c1-7-28(8-2)20(18-12-10-9-11-13-18)17-27-24(25-3)26-16-19-14-22(30-5)23(31-6)15-21(19)29-4/h9-15,20H,7-8,16-17H2,1-6H3,(H2,25,26,27). The van der Waals surface area contributed by atoms with Crippen LogP contribution in [0.5, 0.6) is 17.2 Å². The van der Waals surface area contributed by atoms with Gasteiger partial charge in [0.25, 0.3) is 0 Å². The molecular formula is C24H36N4O3. The first-order valence-corrected chi connectivity index (χ1v) is 10.6. The van der Waals surface area contributed by atoms with Gasteiger partial charge in [-0.15, -0.1) is 0 Å². The van der Waals surface area contributed by atoms with Crippen molar-refractivity contribution in [3.63, 3.8) is 0 Å². The van der Waals surface area contributed by atoms with E-state index in [0.717, 1.165) is 36.9 Å². The third kappa shape index (κ3) is 6.52. The summed E-state index contributed by atoms with van der Waals surface area (Å²) in [4.78, 5) is 6.83. The van der Waals surface area contributed by atoms with Crippen LogP contribution in [0.2, 0.25) is 0 Å². The highest BCUT2D eigenvalue weighted by molar-refractivity contribution is 5.79. The van der Waals surface area contributed by atoms with E-state index in [1.54, 1.807) is 28.4 Å². The van der Waals surface area contributed by atoms with Crippen molar-refractivity contribution in [1.29, 1.82) is 0 Å². The maximum Gasteiger partial charge on any atom is 0.191 e. The average Bonchev–Trinajstić information content (AvgIpc) is 2.83. The molecule has 0 heterocycles. The molecule has 0 aliphatic rings. The number of rotatable bonds is 11. The topological polar surface area (TPSA) is 67.4 Å². The Bertz CT molecular complexity index is 823. The summed E-state index contributed by atoms with van der Waals surface area (Å²) in [7, 11) is 6.65. The summed E-state index contributed by atoms with van der Waals surface area (Å²) in [6, 6.07) is 14.6. The van der Waals surface area contributed by atoms with E-state index in [9.17, 15) is 0 Å². The van der Waals surface area contributed by atoms with Gasteiger partial charge in [0.05, 0.1) is 27.4 Å². The monoisotopic (exact) mass is 428 g/mol. The van der Waals surface area contributed by atoms with Gasteiger partial charge in [-0.25, -0.2) is 0 Å². The van der Waals surface area contributed by atoms with Crippen molar-refractivity contribution in [1.82, 2.24) is 15.5 Å². The van der Waals surface area contributed by atoms with Crippen molar-refractivity contribution in [2.45, 2.75) is 26.4 Å². The van der Waals surface area contributed by atoms with Crippen molar-refractivity contribution < 1.29 is 14.2 Å². The van der Waals surface area contributed by atoms with E-state index >= 15 is 0 Å². The molecule has 0 saturated carbocycles. The average molecular weight is 429 g/mol. The van der Waals surface area contributed by atoms with Gasteiger partial charge in [0.15, 0.2) is 17.5 Å². The van der Waals surface area contributed by atoms with Gasteiger partial charge < -0.3 is 24.8 Å². The number of guanidine groups is 1. The van der Waals surface area contributed by atoms with Gasteiger partial charge in [-0.1, -0.05) is 44.2 Å². The minimum Gasteiger partial charge on any atom is -0.496 e. The molecular weight excluding hydrogens is 392 g/mol. The Kier molecular flexibility index (Phi) is 9.97. The highest BCUT2D eigenvalue weighted by Gasteiger charge is 2.18. The number of aliphatic imine (C=N–C) groups is 1. The van der Waals surface area contributed by atoms with Crippen LogP contribution in [0, 0.1) is 0 Å². The first kappa shape index (κ1) is 24.3. The molecule has 2 aromatic carbocycles. The third-order valence-corrected chi connectivity index (χ3v) is 5.36. The Labute approximate surface area is 186 Å². The van der Waals surface area contributed by atoms with Crippen LogP contribution in [-0.2, 0) is 6.54 Å². The molecule has 0 bridgehead atoms. The molecule has 2 N–H and O–H groups in total. The highest BCUT2D eigenvalue weighted by Crippen LogP contribution is 2.34. The maximum atomic E-state index is 5.53. The Hall–Kier alpha value is -2.93. The lowest BCUT2D eigenvalue weighted by Crippen LogP contribution is -2.43. The SMILES string of the molecule is CCN(CC)C(CNC(=NC)NCc1cc(OC)c(OC)cc1OC)c1ccccc1. The normalized spacial score (nSPS) is 12.4. The third-order valence-electron chi connectivity index (χ3n) is 5.36. The van der Waals surface area contributed by atoms with Gasteiger partial charge in [0.1, 0.15) is 5.75 Å². The lowest BCUT2D eigenvalue weighted by Gasteiger charge is -2.30. The van der Waals surface area contributed by atoms with E-state index in [1.807, 2.05) is 18.2 Å². The lowest BCUT2D eigenvalue weighted by molar-refractivity contribution is 0.219. The molecule has 0 spiro atoms. The summed E-state index contributed by atoms with van der Waals surface area (Å²) in [5.74, 6) is 2.75. The fourth-order valence-electron chi connectivity index (χ4n) is 3.62. The van der Waals surface area contributed by atoms with E-state index in [0.29, 0.717) is 18.0 Å². The Morgan fingerprint density at radius 2 is 1.52 bits per heavy atom. The molecule has 2 aromatic rings. The molecule has 0 amide bonds. The number of hydrogen-bond acceptors (Lipinski definition) is 5. The zero-order valence-electron chi connectivity index (χ0n) is 19.6. The van der Waals surface area contributed by atoms with Crippen LogP contribution in [0.4, 0.5) is 0 Å². The smallest absolute Gasteiger partial charge is 0.191 e. The molecule has 1 atom stereocenters. The summed E-state index contributed by atoms with van der Waals surface area (Å²) < 4.78 is 16.3. The summed E-state index contributed by atoms with van der Waals surface area (Å²) >= 11 is 0. The number of benzene rings is 2. The van der Waals surface area contributed by atoms with Crippen LogP contribution in [0.3, 0.4) is 0 Å². The summed E-state index contributed by atoms with van der Waals surface area (Å²) in [5, 5.41) is 6.85. The van der Waals surface area contributed by atoms with Crippen LogP contribution in [-0.4, -0.2) is 58.9 Å². The predicted molar refractivity (Wildman–Crippen MR) is 126 cm³/mol. The van der Waals surface area contributed by atoms with Crippen LogP contribution < -0.4 is 24.8 Å². The molecule has 7 heteroatoms. The first-order valence-electron chi connectivity index (χ1n) is 10.6. The van der Waals surface area contributed by atoms with Crippen LogP contribution in [0.15, 0.2) is 47.5 Å². The largest absolute Gasteiger partial charge is 0.496 e. The second-order valence-electron chi connectivity index (χ2n) is 6.97. The van der Waals surface area contributed by atoms with Gasteiger partial charge in [-0.2, -0.15) is 0 Å². The van der Waals surface area contributed by atoms with Gasteiger partial charge in [0, 0.05) is 31.8 Å². The van der Waals surface area contributed by atoms with Crippen molar-refractivity contribution in [3.05, 3.63) is 53.6 Å². The molecule has 0 aliphatic carbocycles. The second-order valence-corrected chi connectivity index (χ2v) is 6.97. The highest BCUT2D eigenvalue weighted by atomic mass is 16.5. The van der Waals surface area contributed by atoms with E-state index < -0.39 is 0 Å². The van der Waals surface area contributed by atoms with Crippen molar-refractivity contribution in [2.24, 2.45) is 4.99 Å². The van der Waals surface area contributed by atoms with Crippen LogP contribution in [0.25, 0.3) is 0 Å². The zero-order chi connectivity index (χ0) is 22.6. The zero-order valence-corrected chi connectivity index (χ0v) is 19.6. The fourth-order valence-corrected chi connectivity index (χ4v) is 3.62. The Morgan fingerprint density at radius 1 is 0.903 bits per heavy atom. The minimum absolute atomic E-state index is 0.255. The number of nitrogens with zero attached hydrogens (tertiary/aromatic N) is 2. The molecule has 0 fully saturated rings. The van der Waals surface area contributed by atoms with Crippen molar-refractivity contribution in [3.8, 4) is 17.2 Å². The van der Waals surface area contributed by atoms with Gasteiger partial charge >= 0.3 is 0 Å². The van der Waals surface area contributed by atoms with Crippen molar-refractivity contribution >= 4 is 5.96 Å². The quantitative estimate of drug-likeness (QED) is 0.422.